The summed E-state index contributed by atoms with van der Waals surface area (Å²) in [5.74, 6) is -2.29. The van der Waals surface area contributed by atoms with Crippen LogP contribution in [0.4, 0.5) is 15.8 Å². The lowest BCUT2D eigenvalue weighted by molar-refractivity contribution is -0.122. The van der Waals surface area contributed by atoms with E-state index in [1.807, 2.05) is 0 Å². The molecule has 0 aromatic heterocycles. The van der Waals surface area contributed by atoms with Crippen LogP contribution in [0.2, 0.25) is 15.1 Å². The maximum Gasteiger partial charge on any atom is 0.242 e. The van der Waals surface area contributed by atoms with Crippen molar-refractivity contribution in [3.63, 3.8) is 0 Å². The van der Waals surface area contributed by atoms with Crippen LogP contribution in [-0.2, 0) is 15.0 Å². The van der Waals surface area contributed by atoms with Crippen LogP contribution in [0.15, 0.2) is 60.7 Å². The maximum absolute atomic E-state index is 15.8. The van der Waals surface area contributed by atoms with Crippen LogP contribution >= 0.6 is 34.8 Å². The van der Waals surface area contributed by atoms with Crippen molar-refractivity contribution >= 4 is 58.0 Å². The van der Waals surface area contributed by atoms with E-state index < -0.39 is 35.1 Å². The second-order valence-corrected chi connectivity index (χ2v) is 12.4. The van der Waals surface area contributed by atoms with Crippen molar-refractivity contribution in [1.29, 1.82) is 0 Å². The molecule has 9 heteroatoms. The van der Waals surface area contributed by atoms with Gasteiger partial charge in [0.1, 0.15) is 11.2 Å². The minimum Gasteiger partial charge on any atom is -0.325 e. The molecule has 3 aromatic rings. The first-order chi connectivity index (χ1) is 17.9. The molecule has 5 nitrogen and oxygen atoms in total. The van der Waals surface area contributed by atoms with Crippen LogP contribution in [0.5, 0.6) is 0 Å². The van der Waals surface area contributed by atoms with Crippen molar-refractivity contribution in [2.75, 3.05) is 10.6 Å². The summed E-state index contributed by atoms with van der Waals surface area (Å²) in [6.45, 7) is 6.19. The van der Waals surface area contributed by atoms with Gasteiger partial charge in [0.15, 0.2) is 0 Å². The highest BCUT2D eigenvalue weighted by Gasteiger charge is 2.66. The van der Waals surface area contributed by atoms with E-state index in [1.54, 1.807) is 54.6 Å². The first kappa shape index (κ1) is 26.9. The zero-order valence-corrected chi connectivity index (χ0v) is 23.3. The van der Waals surface area contributed by atoms with Crippen LogP contribution in [0, 0.1) is 11.2 Å². The van der Waals surface area contributed by atoms with Crippen molar-refractivity contribution in [3.05, 3.63) is 92.7 Å². The number of nitrogens with one attached hydrogen (secondary N) is 3. The molecule has 3 N–H and O–H groups in total. The molecule has 0 aliphatic carbocycles. The topological polar surface area (TPSA) is 70.2 Å². The Hall–Kier alpha value is -2.64. The molecule has 0 bridgehead atoms. The van der Waals surface area contributed by atoms with Crippen LogP contribution in [0.1, 0.15) is 44.2 Å². The summed E-state index contributed by atoms with van der Waals surface area (Å²) in [5, 5.41) is 10.2. The smallest absolute Gasteiger partial charge is 0.242 e. The van der Waals surface area contributed by atoms with E-state index in [1.165, 1.54) is 6.07 Å². The highest BCUT2D eigenvalue weighted by molar-refractivity contribution is 6.31. The van der Waals surface area contributed by atoms with Crippen molar-refractivity contribution in [1.82, 2.24) is 5.32 Å². The van der Waals surface area contributed by atoms with Crippen LogP contribution in [-0.4, -0.2) is 23.9 Å². The average Bonchev–Trinajstić information content (AvgIpc) is 3.31. The molecule has 198 valence electrons. The zero-order valence-electron chi connectivity index (χ0n) is 21.0. The molecule has 1 spiro atoms. The molecular weight excluding hydrogens is 548 g/mol. The number of hydrogen-bond donors (Lipinski definition) is 3. The highest BCUT2D eigenvalue weighted by atomic mass is 35.5. The Morgan fingerprint density at radius 3 is 2.39 bits per heavy atom. The number of benzene rings is 3. The van der Waals surface area contributed by atoms with Gasteiger partial charge in [0.05, 0.1) is 11.1 Å². The number of fused-ring (bicyclic) bond motifs is 2. The van der Waals surface area contributed by atoms with Gasteiger partial charge in [-0.1, -0.05) is 73.8 Å². The first-order valence-corrected chi connectivity index (χ1v) is 13.4. The number of carbonyl (C=O) groups excluding carboxylic acids is 2. The Balaban J connectivity index is 1.72. The third kappa shape index (κ3) is 4.58. The van der Waals surface area contributed by atoms with E-state index >= 15 is 4.39 Å². The molecular formula is C29H27Cl3FN3O2. The Morgan fingerprint density at radius 2 is 1.71 bits per heavy atom. The Kier molecular flexibility index (Phi) is 6.97. The monoisotopic (exact) mass is 573 g/mol. The average molecular weight is 575 g/mol. The zero-order chi connectivity index (χ0) is 27.4. The van der Waals surface area contributed by atoms with Gasteiger partial charge in [0, 0.05) is 33.4 Å². The van der Waals surface area contributed by atoms with Gasteiger partial charge in [-0.05, 0) is 65.4 Å². The molecule has 4 atom stereocenters. The van der Waals surface area contributed by atoms with Crippen LogP contribution in [0.25, 0.3) is 0 Å². The molecule has 2 aliphatic rings. The van der Waals surface area contributed by atoms with Gasteiger partial charge in [-0.2, -0.15) is 0 Å². The molecule has 1 saturated heterocycles. The van der Waals surface area contributed by atoms with Gasteiger partial charge in [-0.15, -0.1) is 0 Å². The largest absolute Gasteiger partial charge is 0.325 e. The van der Waals surface area contributed by atoms with Gasteiger partial charge < -0.3 is 16.0 Å². The number of halogens is 4. The minimum atomic E-state index is -1.30. The fourth-order valence-corrected chi connectivity index (χ4v) is 6.39. The summed E-state index contributed by atoms with van der Waals surface area (Å²) in [7, 11) is 0. The van der Waals surface area contributed by atoms with Crippen molar-refractivity contribution in [2.45, 2.75) is 50.6 Å². The Morgan fingerprint density at radius 1 is 1.03 bits per heavy atom. The summed E-state index contributed by atoms with van der Waals surface area (Å²) < 4.78 is 15.8. The molecule has 2 amide bonds. The normalized spacial score (nSPS) is 24.4. The SMILES string of the molecule is CC(C)(C)C[C@@H]1N[C@@H](C(=O)Nc2ccc(Cl)cc2)[C@H](c2cccc(Cl)c2F)[C@]12C(=O)Nc1cc(Cl)ccc12. The summed E-state index contributed by atoms with van der Waals surface area (Å²) in [4.78, 5) is 28.0. The molecule has 38 heavy (non-hydrogen) atoms. The lowest BCUT2D eigenvalue weighted by atomic mass is 9.62. The van der Waals surface area contributed by atoms with E-state index in [4.69, 9.17) is 34.8 Å². The van der Waals surface area contributed by atoms with Gasteiger partial charge in [0.2, 0.25) is 11.8 Å². The predicted molar refractivity (Wildman–Crippen MR) is 151 cm³/mol. The minimum absolute atomic E-state index is 0.0801. The first-order valence-electron chi connectivity index (χ1n) is 12.3. The van der Waals surface area contributed by atoms with Crippen LogP contribution in [0.3, 0.4) is 0 Å². The number of hydrogen-bond acceptors (Lipinski definition) is 3. The quantitative estimate of drug-likeness (QED) is 0.309. The highest BCUT2D eigenvalue weighted by Crippen LogP contribution is 2.57. The number of rotatable bonds is 4. The van der Waals surface area contributed by atoms with E-state index in [2.05, 4.69) is 36.7 Å². The van der Waals surface area contributed by atoms with Gasteiger partial charge in [-0.25, -0.2) is 4.39 Å². The lowest BCUT2D eigenvalue weighted by Crippen LogP contribution is -2.49. The van der Waals surface area contributed by atoms with Crippen LogP contribution < -0.4 is 16.0 Å². The molecule has 0 unspecified atom stereocenters. The van der Waals surface area contributed by atoms with E-state index in [-0.39, 0.29) is 21.9 Å². The standard InChI is InChI=1S/C29H27Cl3FN3O2/c1-28(2,3)14-22-29(19-12-9-16(31)13-21(19)35-27(29)38)23(18-5-4-6-20(32)24(18)33)25(36-22)26(37)34-17-10-7-15(30)8-11-17/h4-13,22-23,25,36H,14H2,1-3H3,(H,34,37)(H,35,38)/t22-,23-,25+,29+/m0/s1. The molecule has 2 aliphatic heterocycles. The Bertz CT molecular complexity index is 1420. The Labute approximate surface area is 236 Å². The van der Waals surface area contributed by atoms with Crippen molar-refractivity contribution in [3.8, 4) is 0 Å². The summed E-state index contributed by atoms with van der Waals surface area (Å²) in [6.07, 6.45) is 0.534. The third-order valence-corrected chi connectivity index (χ3v) is 8.11. The molecule has 3 aromatic carbocycles. The lowest BCUT2D eigenvalue weighted by Gasteiger charge is -2.37. The van der Waals surface area contributed by atoms with Gasteiger partial charge in [-0.3, -0.25) is 9.59 Å². The third-order valence-electron chi connectivity index (χ3n) is 7.33. The number of anilines is 2. The van der Waals surface area contributed by atoms with E-state index in [0.717, 1.165) is 0 Å². The van der Waals surface area contributed by atoms with Crippen molar-refractivity contribution in [2.24, 2.45) is 5.41 Å². The number of amides is 2. The molecule has 0 saturated carbocycles. The summed E-state index contributed by atoms with van der Waals surface area (Å²) in [5.41, 5.74) is 0.410. The summed E-state index contributed by atoms with van der Waals surface area (Å²) >= 11 is 18.5. The summed E-state index contributed by atoms with van der Waals surface area (Å²) in [6, 6.07) is 15.1. The fraction of sp³-hybridized carbons (Fsp3) is 0.310. The number of carbonyl (C=O) groups is 2. The molecule has 2 heterocycles. The fourth-order valence-electron chi connectivity index (χ4n) is 5.91. The van der Waals surface area contributed by atoms with Gasteiger partial charge >= 0.3 is 0 Å². The molecule has 1 fully saturated rings. The van der Waals surface area contributed by atoms with E-state index in [9.17, 15) is 9.59 Å². The molecule has 0 radical (unpaired) electrons. The maximum atomic E-state index is 15.8. The van der Waals surface area contributed by atoms with Crippen molar-refractivity contribution < 1.29 is 14.0 Å². The van der Waals surface area contributed by atoms with E-state index in [0.29, 0.717) is 33.4 Å². The second-order valence-electron chi connectivity index (χ2n) is 11.1. The predicted octanol–water partition coefficient (Wildman–Crippen LogP) is 7.17. The second kappa shape index (κ2) is 9.83. The van der Waals surface area contributed by atoms with Gasteiger partial charge in [0.25, 0.3) is 0 Å². The molecule has 5 rings (SSSR count).